The molecule has 2 aliphatic rings. The molecule has 0 spiro atoms. The van der Waals surface area contributed by atoms with Gasteiger partial charge in [-0.3, -0.25) is 4.79 Å². The van der Waals surface area contributed by atoms with Gasteiger partial charge >= 0.3 is 6.18 Å². The molecule has 5 nitrogen and oxygen atoms in total. The van der Waals surface area contributed by atoms with Gasteiger partial charge in [0.2, 0.25) is 5.95 Å². The number of hydrogen-bond donors (Lipinski definition) is 1. The average Bonchev–Trinajstić information content (AvgIpc) is 3.00. The van der Waals surface area contributed by atoms with E-state index < -0.39 is 17.8 Å². The Kier molecular flexibility index (Phi) is 3.22. The van der Waals surface area contributed by atoms with Crippen molar-refractivity contribution in [2.24, 2.45) is 0 Å². The van der Waals surface area contributed by atoms with Crippen molar-refractivity contribution in [1.29, 1.82) is 0 Å². The fourth-order valence-corrected chi connectivity index (χ4v) is 3.38. The highest BCUT2D eigenvalue weighted by molar-refractivity contribution is 5.99. The van der Waals surface area contributed by atoms with Crippen LogP contribution in [0, 0.1) is 0 Å². The topological polar surface area (TPSA) is 59.8 Å². The molecule has 24 heavy (non-hydrogen) atoms. The van der Waals surface area contributed by atoms with Crippen LogP contribution in [0.15, 0.2) is 41.9 Å². The second-order valence-electron chi connectivity index (χ2n) is 5.81. The Morgan fingerprint density at radius 2 is 2.00 bits per heavy atom. The van der Waals surface area contributed by atoms with Crippen LogP contribution < -0.4 is 5.32 Å². The minimum Gasteiger partial charge on any atom is -0.328 e. The first-order valence-corrected chi connectivity index (χ1v) is 7.55. The number of halogens is 3. The number of anilines is 1. The number of nitrogens with one attached hydrogen (secondary N) is 1. The minimum absolute atomic E-state index is 0.0148. The number of ketones is 1. The summed E-state index contributed by atoms with van der Waals surface area (Å²) in [6.07, 6.45) is -1.63. The van der Waals surface area contributed by atoms with Crippen LogP contribution in [0.1, 0.15) is 36.4 Å². The first-order valence-electron chi connectivity index (χ1n) is 7.55. The van der Waals surface area contributed by atoms with E-state index in [1.807, 2.05) is 0 Å². The van der Waals surface area contributed by atoms with Gasteiger partial charge in [-0.25, -0.2) is 4.68 Å². The maximum absolute atomic E-state index is 13.5. The predicted molar refractivity (Wildman–Crippen MR) is 79.1 cm³/mol. The van der Waals surface area contributed by atoms with Crippen LogP contribution >= 0.6 is 0 Å². The predicted octanol–water partition coefficient (Wildman–Crippen LogP) is 3.32. The van der Waals surface area contributed by atoms with E-state index in [0.29, 0.717) is 36.5 Å². The van der Waals surface area contributed by atoms with E-state index in [0.717, 1.165) is 6.07 Å². The van der Waals surface area contributed by atoms with E-state index in [1.165, 1.54) is 29.2 Å². The van der Waals surface area contributed by atoms with Crippen LogP contribution in [0.5, 0.6) is 0 Å². The van der Waals surface area contributed by atoms with Crippen LogP contribution in [-0.2, 0) is 11.0 Å². The number of hydrogen-bond acceptors (Lipinski definition) is 4. The number of carbonyl (C=O) groups excluding carboxylic acids is 1. The molecule has 0 fully saturated rings. The summed E-state index contributed by atoms with van der Waals surface area (Å²) in [4.78, 5) is 16.5. The molecular weight excluding hydrogens is 321 g/mol. The Morgan fingerprint density at radius 3 is 2.79 bits per heavy atom. The zero-order chi connectivity index (χ0) is 16.9. The summed E-state index contributed by atoms with van der Waals surface area (Å²) in [5.74, 6) is 0.206. The second-order valence-corrected chi connectivity index (χ2v) is 5.81. The second kappa shape index (κ2) is 5.19. The number of carbonyl (C=O) groups is 1. The van der Waals surface area contributed by atoms with E-state index >= 15 is 0 Å². The monoisotopic (exact) mass is 334 g/mol. The molecular formula is C16H13F3N4O. The molecule has 1 atom stereocenters. The molecule has 1 N–H and O–H groups in total. The summed E-state index contributed by atoms with van der Waals surface area (Å²) in [7, 11) is 0. The SMILES string of the molecule is O=C1CCCC2=C1[C@H](c1ccccc1C(F)(F)F)n1ncnc1N2. The number of rotatable bonds is 1. The third kappa shape index (κ3) is 2.21. The van der Waals surface area contributed by atoms with Crippen LogP contribution in [0.25, 0.3) is 0 Å². The quantitative estimate of drug-likeness (QED) is 0.869. The molecule has 0 saturated carbocycles. The van der Waals surface area contributed by atoms with Gasteiger partial charge in [0.05, 0.1) is 5.56 Å². The van der Waals surface area contributed by atoms with Gasteiger partial charge in [0.25, 0.3) is 0 Å². The van der Waals surface area contributed by atoms with Crippen molar-refractivity contribution in [3.8, 4) is 0 Å². The molecule has 0 bridgehead atoms. The first-order chi connectivity index (χ1) is 11.5. The number of nitrogens with zero attached hydrogens (tertiary/aromatic N) is 3. The molecule has 1 aromatic heterocycles. The Bertz CT molecular complexity index is 853. The van der Waals surface area contributed by atoms with E-state index in [9.17, 15) is 18.0 Å². The van der Waals surface area contributed by atoms with Crippen molar-refractivity contribution in [2.75, 3.05) is 5.32 Å². The van der Waals surface area contributed by atoms with Gasteiger partial charge in [-0.1, -0.05) is 18.2 Å². The third-order valence-electron chi connectivity index (χ3n) is 4.37. The summed E-state index contributed by atoms with van der Waals surface area (Å²) in [5, 5.41) is 7.09. The molecule has 124 valence electrons. The Labute approximate surface area is 135 Å². The van der Waals surface area contributed by atoms with E-state index in [-0.39, 0.29) is 11.3 Å². The van der Waals surface area contributed by atoms with Crippen LogP contribution in [0.2, 0.25) is 0 Å². The molecule has 1 aliphatic carbocycles. The van der Waals surface area contributed by atoms with Crippen LogP contribution in [0.4, 0.5) is 19.1 Å². The Balaban J connectivity index is 1.97. The summed E-state index contributed by atoms with van der Waals surface area (Å²) >= 11 is 0. The average molecular weight is 334 g/mol. The largest absolute Gasteiger partial charge is 0.416 e. The maximum Gasteiger partial charge on any atom is 0.416 e. The molecule has 2 heterocycles. The molecule has 2 aromatic rings. The lowest BCUT2D eigenvalue weighted by Crippen LogP contribution is -2.32. The highest BCUT2D eigenvalue weighted by atomic mass is 19.4. The number of benzene rings is 1. The van der Waals surface area contributed by atoms with Crippen LogP contribution in [0.3, 0.4) is 0 Å². The number of alkyl halides is 3. The molecule has 0 saturated heterocycles. The standard InChI is InChI=1S/C16H13F3N4O/c17-16(18,19)10-5-2-1-4-9(10)14-13-11(6-3-7-12(13)24)22-15-20-8-21-23(14)15/h1-2,4-5,8,14H,3,6-7H2,(H,20,21,22)/t14-/m0/s1. The van der Waals surface area contributed by atoms with E-state index in [4.69, 9.17) is 0 Å². The Hall–Kier alpha value is -2.64. The fourth-order valence-electron chi connectivity index (χ4n) is 3.38. The zero-order valence-electron chi connectivity index (χ0n) is 12.5. The van der Waals surface area contributed by atoms with Gasteiger partial charge in [0.15, 0.2) is 5.78 Å². The summed E-state index contributed by atoms with van der Waals surface area (Å²) in [6.45, 7) is 0. The zero-order valence-corrected chi connectivity index (χ0v) is 12.5. The molecule has 1 aliphatic heterocycles. The van der Waals surface area contributed by atoms with Crippen molar-refractivity contribution >= 4 is 11.7 Å². The number of aromatic nitrogens is 3. The third-order valence-corrected chi connectivity index (χ3v) is 4.37. The van der Waals surface area contributed by atoms with Gasteiger partial charge in [-0.05, 0) is 24.5 Å². The van der Waals surface area contributed by atoms with Gasteiger partial charge in [0.1, 0.15) is 12.4 Å². The molecule has 0 amide bonds. The Morgan fingerprint density at radius 1 is 1.21 bits per heavy atom. The first kappa shape index (κ1) is 14.9. The molecule has 8 heteroatoms. The van der Waals surface area contributed by atoms with Crippen molar-refractivity contribution in [2.45, 2.75) is 31.5 Å². The lowest BCUT2D eigenvalue weighted by molar-refractivity contribution is -0.138. The number of Topliss-reactive ketones (excluding diaryl/α,β-unsaturated/α-hetero) is 1. The van der Waals surface area contributed by atoms with Gasteiger partial charge in [-0.2, -0.15) is 23.3 Å². The molecule has 4 rings (SSSR count). The van der Waals surface area contributed by atoms with Crippen molar-refractivity contribution < 1.29 is 18.0 Å². The molecule has 0 radical (unpaired) electrons. The highest BCUT2D eigenvalue weighted by Gasteiger charge is 2.41. The molecule has 1 aromatic carbocycles. The highest BCUT2D eigenvalue weighted by Crippen LogP contribution is 2.43. The smallest absolute Gasteiger partial charge is 0.328 e. The minimum atomic E-state index is -4.51. The van der Waals surface area contributed by atoms with Crippen LogP contribution in [-0.4, -0.2) is 20.5 Å². The van der Waals surface area contributed by atoms with Crippen molar-refractivity contribution in [3.63, 3.8) is 0 Å². The lowest BCUT2D eigenvalue weighted by Gasteiger charge is -2.33. The maximum atomic E-state index is 13.5. The normalized spacial score (nSPS) is 20.5. The lowest BCUT2D eigenvalue weighted by atomic mass is 9.84. The van der Waals surface area contributed by atoms with Crippen molar-refractivity contribution in [1.82, 2.24) is 14.8 Å². The summed E-state index contributed by atoms with van der Waals surface area (Å²) in [5.41, 5.74) is 0.259. The van der Waals surface area contributed by atoms with E-state index in [1.54, 1.807) is 0 Å². The summed E-state index contributed by atoms with van der Waals surface area (Å²) in [6, 6.07) is 4.40. The number of allylic oxidation sites excluding steroid dienone is 2. The number of fused-ring (bicyclic) bond motifs is 1. The van der Waals surface area contributed by atoms with Crippen molar-refractivity contribution in [3.05, 3.63) is 53.0 Å². The fraction of sp³-hybridized carbons (Fsp3) is 0.312. The van der Waals surface area contributed by atoms with E-state index in [2.05, 4.69) is 15.4 Å². The molecule has 0 unspecified atom stereocenters. The van der Waals surface area contributed by atoms with Gasteiger partial charge in [-0.15, -0.1) is 0 Å². The summed E-state index contributed by atoms with van der Waals surface area (Å²) < 4.78 is 41.7. The van der Waals surface area contributed by atoms with Gasteiger partial charge < -0.3 is 5.32 Å². The van der Waals surface area contributed by atoms with Gasteiger partial charge in [0, 0.05) is 17.7 Å².